The van der Waals surface area contributed by atoms with Crippen LogP contribution in [0.4, 0.5) is 0 Å². The fourth-order valence-electron chi connectivity index (χ4n) is 9.35. The van der Waals surface area contributed by atoms with E-state index in [0.29, 0.717) is 27.6 Å². The molecular weight excluding hydrogens is 408 g/mol. The fraction of sp³-hybridized carbons (Fsp3) is 0.967. The van der Waals surface area contributed by atoms with E-state index in [-0.39, 0.29) is 0 Å². The Morgan fingerprint density at radius 3 is 2.31 bits per heavy atom. The van der Waals surface area contributed by atoms with E-state index >= 15 is 0 Å². The van der Waals surface area contributed by atoms with Gasteiger partial charge >= 0.3 is 0 Å². The average Bonchev–Trinajstić information content (AvgIpc) is 3.12. The van der Waals surface area contributed by atoms with Crippen LogP contribution in [0.15, 0.2) is 0 Å². The second kappa shape index (κ2) is 10.7. The number of hydrogen-bond acceptors (Lipinski definition) is 2. The number of thioether (sulfide) groups is 1. The van der Waals surface area contributed by atoms with Crippen molar-refractivity contribution < 1.29 is 4.79 Å². The topological polar surface area (TPSA) is 17.1 Å². The second-order valence-electron chi connectivity index (χ2n) is 12.8. The summed E-state index contributed by atoms with van der Waals surface area (Å²) in [5.74, 6) is 4.88. The maximum absolute atomic E-state index is 12.0. The highest BCUT2D eigenvalue weighted by Crippen LogP contribution is 2.68. The van der Waals surface area contributed by atoms with E-state index in [4.69, 9.17) is 0 Å². The van der Waals surface area contributed by atoms with Gasteiger partial charge in [-0.05, 0) is 105 Å². The summed E-state index contributed by atoms with van der Waals surface area (Å²) in [5, 5.41) is 1.03. The first-order valence-corrected chi connectivity index (χ1v) is 15.5. The first kappa shape index (κ1) is 25.1. The lowest BCUT2D eigenvalue weighted by atomic mass is 9.45. The smallest absolute Gasteiger partial charge is 0.188 e. The zero-order valence-corrected chi connectivity index (χ0v) is 22.6. The number of hydrogen-bond donors (Lipinski definition) is 0. The summed E-state index contributed by atoms with van der Waals surface area (Å²) in [6, 6.07) is 0. The summed E-state index contributed by atoms with van der Waals surface area (Å²) in [6.07, 6.45) is 23.9. The first-order valence-electron chi connectivity index (χ1n) is 14.6. The van der Waals surface area contributed by atoms with Gasteiger partial charge in [0.05, 0.1) is 0 Å². The molecule has 1 nitrogen and oxygen atoms in total. The Morgan fingerprint density at radius 2 is 1.53 bits per heavy atom. The Balaban J connectivity index is 1.35. The quantitative estimate of drug-likeness (QED) is 0.319. The third kappa shape index (κ3) is 4.87. The van der Waals surface area contributed by atoms with Gasteiger partial charge in [0.2, 0.25) is 0 Å². The predicted octanol–water partition coefficient (Wildman–Crippen LogP) is 9.43. The maximum atomic E-state index is 12.0. The first-order chi connectivity index (χ1) is 15.4. The van der Waals surface area contributed by atoms with Crippen LogP contribution < -0.4 is 0 Å². The van der Waals surface area contributed by atoms with Crippen LogP contribution in [0.1, 0.15) is 137 Å². The molecule has 184 valence electrons. The predicted molar refractivity (Wildman–Crippen MR) is 140 cm³/mol. The van der Waals surface area contributed by atoms with Crippen molar-refractivity contribution in [2.75, 3.05) is 0 Å². The Hall–Kier alpha value is 0.0200. The van der Waals surface area contributed by atoms with E-state index in [2.05, 4.69) is 20.8 Å². The Labute approximate surface area is 204 Å². The number of carbonyl (C=O) groups is 1. The molecule has 32 heavy (non-hydrogen) atoms. The summed E-state index contributed by atoms with van der Waals surface area (Å²) in [4.78, 5) is 12.0. The third-order valence-corrected chi connectivity index (χ3v) is 12.6. The Kier molecular flexibility index (Phi) is 8.43. The molecule has 4 aliphatic carbocycles. The van der Waals surface area contributed by atoms with Gasteiger partial charge in [-0.25, -0.2) is 0 Å². The van der Waals surface area contributed by atoms with E-state index < -0.39 is 0 Å². The highest BCUT2D eigenvalue weighted by Gasteiger charge is 2.59. The van der Waals surface area contributed by atoms with Gasteiger partial charge in [0.1, 0.15) is 0 Å². The number of unbranched alkanes of at least 4 members (excludes halogenated alkanes) is 5. The number of rotatable bonds is 9. The van der Waals surface area contributed by atoms with Gasteiger partial charge in [-0.1, -0.05) is 78.0 Å². The monoisotopic (exact) mass is 460 g/mol. The summed E-state index contributed by atoms with van der Waals surface area (Å²) >= 11 is 1.69. The van der Waals surface area contributed by atoms with Gasteiger partial charge < -0.3 is 0 Å². The van der Waals surface area contributed by atoms with E-state index in [1.807, 2.05) is 6.92 Å². The van der Waals surface area contributed by atoms with Crippen molar-refractivity contribution in [3.05, 3.63) is 0 Å². The Bertz CT molecular complexity index is 630. The second-order valence-corrected chi connectivity index (χ2v) is 14.1. The highest BCUT2D eigenvalue weighted by molar-refractivity contribution is 8.14. The molecule has 4 rings (SSSR count). The summed E-state index contributed by atoms with van der Waals surface area (Å²) < 4.78 is 0. The van der Waals surface area contributed by atoms with Gasteiger partial charge in [0.25, 0.3) is 0 Å². The average molecular weight is 461 g/mol. The highest BCUT2D eigenvalue weighted by atomic mass is 32.2. The van der Waals surface area contributed by atoms with Crippen LogP contribution in [0.25, 0.3) is 0 Å². The van der Waals surface area contributed by atoms with E-state index in [0.717, 1.165) is 29.6 Å². The van der Waals surface area contributed by atoms with Crippen molar-refractivity contribution in [1.29, 1.82) is 0 Å². The Morgan fingerprint density at radius 1 is 0.812 bits per heavy atom. The van der Waals surface area contributed by atoms with Crippen molar-refractivity contribution in [1.82, 2.24) is 0 Å². The molecule has 0 aromatic rings. The van der Waals surface area contributed by atoms with E-state index in [1.54, 1.807) is 11.8 Å². The van der Waals surface area contributed by atoms with Gasteiger partial charge in [-0.2, -0.15) is 0 Å². The zero-order valence-electron chi connectivity index (χ0n) is 21.8. The molecule has 4 saturated carbocycles. The van der Waals surface area contributed by atoms with Crippen molar-refractivity contribution in [3.8, 4) is 0 Å². The number of fused-ring (bicyclic) bond motifs is 5. The van der Waals surface area contributed by atoms with Crippen molar-refractivity contribution in [2.45, 2.75) is 142 Å². The minimum Gasteiger partial charge on any atom is -0.287 e. The van der Waals surface area contributed by atoms with Gasteiger partial charge in [0.15, 0.2) is 5.12 Å². The van der Waals surface area contributed by atoms with Crippen LogP contribution in [0.3, 0.4) is 0 Å². The van der Waals surface area contributed by atoms with Gasteiger partial charge in [-0.15, -0.1) is 0 Å². The van der Waals surface area contributed by atoms with E-state index in [1.165, 1.54) is 103 Å². The fourth-order valence-corrected chi connectivity index (χ4v) is 10.5. The molecular formula is C30H52OS. The number of carbonyl (C=O) groups excluding carboxylic acids is 1. The minimum atomic E-state index is 0.420. The molecule has 4 aliphatic rings. The van der Waals surface area contributed by atoms with Crippen LogP contribution in [0.2, 0.25) is 0 Å². The molecule has 4 fully saturated rings. The molecule has 0 heterocycles. The standard InChI is InChI=1S/C30H52OS/c1-5-7-8-9-10-11-12-22-14-16-26-25-15-13-23-21-24(32-28(31)6-2)17-19-30(23,4)27(25)18-20-29(22,26)3/h22-27H,5-21H2,1-4H3/t22-,23-,24-,25+,26+,27+,29+,30-/m0/s1. The SMILES string of the molecule is CCCCCCCC[C@H]1CC[C@@H]2[C@H]3CC[C@H]4C[C@@H](SC(=O)CC)CC[C@]4(C)[C@@H]3CC[C@]12C. The molecule has 8 atom stereocenters. The molecule has 0 amide bonds. The van der Waals surface area contributed by atoms with Crippen molar-refractivity contribution in [3.63, 3.8) is 0 Å². The van der Waals surface area contributed by atoms with Crippen molar-refractivity contribution >= 4 is 16.9 Å². The largest absolute Gasteiger partial charge is 0.287 e. The lowest BCUT2D eigenvalue weighted by Crippen LogP contribution is -2.53. The molecule has 0 radical (unpaired) electrons. The lowest BCUT2D eigenvalue weighted by molar-refractivity contribution is -0.112. The van der Waals surface area contributed by atoms with Gasteiger partial charge in [0, 0.05) is 11.7 Å². The van der Waals surface area contributed by atoms with E-state index in [9.17, 15) is 4.79 Å². The molecule has 0 bridgehead atoms. The van der Waals surface area contributed by atoms with Crippen molar-refractivity contribution in [2.24, 2.45) is 40.4 Å². The molecule has 0 unspecified atom stereocenters. The normalized spacial score (nSPS) is 43.4. The summed E-state index contributed by atoms with van der Waals surface area (Å²) in [5.41, 5.74) is 1.21. The van der Waals surface area contributed by atoms with Crippen LogP contribution in [0, 0.1) is 40.4 Å². The molecule has 0 spiro atoms. The third-order valence-electron chi connectivity index (χ3n) is 11.3. The molecule has 0 aromatic heterocycles. The molecule has 0 aromatic carbocycles. The molecule has 0 N–H and O–H groups in total. The van der Waals surface area contributed by atoms with Crippen LogP contribution in [0.5, 0.6) is 0 Å². The zero-order chi connectivity index (χ0) is 22.8. The van der Waals surface area contributed by atoms with Crippen LogP contribution in [-0.2, 0) is 4.79 Å². The summed E-state index contributed by atoms with van der Waals surface area (Å²) in [6.45, 7) is 9.75. The maximum Gasteiger partial charge on any atom is 0.188 e. The molecule has 0 aliphatic heterocycles. The summed E-state index contributed by atoms with van der Waals surface area (Å²) in [7, 11) is 0. The molecule has 2 heteroatoms. The van der Waals surface area contributed by atoms with Crippen LogP contribution >= 0.6 is 11.8 Å². The van der Waals surface area contributed by atoms with Gasteiger partial charge in [-0.3, -0.25) is 4.79 Å². The molecule has 0 saturated heterocycles. The van der Waals surface area contributed by atoms with Crippen LogP contribution in [-0.4, -0.2) is 10.4 Å². The minimum absolute atomic E-state index is 0.420. The lowest BCUT2D eigenvalue weighted by Gasteiger charge is -2.61.